The first-order chi connectivity index (χ1) is 11.7. The van der Waals surface area contributed by atoms with Gasteiger partial charge in [-0.05, 0) is 29.8 Å². The Morgan fingerprint density at radius 2 is 1.88 bits per heavy atom. The van der Waals surface area contributed by atoms with Crippen LogP contribution in [-0.4, -0.2) is 37.5 Å². The predicted molar refractivity (Wildman–Crippen MR) is 111 cm³/mol. The summed E-state index contributed by atoms with van der Waals surface area (Å²) < 4.78 is 0. The molecular weight excluding hydrogens is 429 g/mol. The van der Waals surface area contributed by atoms with E-state index < -0.39 is 0 Å². The van der Waals surface area contributed by atoms with Crippen LogP contribution in [0.5, 0.6) is 0 Å². The number of aromatic nitrogens is 1. The highest BCUT2D eigenvalue weighted by molar-refractivity contribution is 14.0. The van der Waals surface area contributed by atoms with Crippen molar-refractivity contribution in [2.24, 2.45) is 4.99 Å². The zero-order chi connectivity index (χ0) is 17.2. The Hall–Kier alpha value is -2.16. The molecule has 1 aromatic heterocycles. The number of carbonyl (C=O) groups excluding carboxylic acids is 1. The van der Waals surface area contributed by atoms with E-state index in [0.717, 1.165) is 30.2 Å². The summed E-state index contributed by atoms with van der Waals surface area (Å²) in [5.74, 6) is 0.655. The number of carbonyl (C=O) groups is 1. The van der Waals surface area contributed by atoms with Crippen molar-refractivity contribution in [2.75, 3.05) is 20.6 Å². The first-order valence-electron chi connectivity index (χ1n) is 7.88. The summed E-state index contributed by atoms with van der Waals surface area (Å²) in [6.45, 7) is 1.39. The van der Waals surface area contributed by atoms with Gasteiger partial charge >= 0.3 is 0 Å². The van der Waals surface area contributed by atoms with Gasteiger partial charge in [0, 0.05) is 51.1 Å². The van der Waals surface area contributed by atoms with E-state index in [1.54, 1.807) is 20.3 Å². The summed E-state index contributed by atoms with van der Waals surface area (Å²) in [4.78, 5) is 20.0. The molecule has 25 heavy (non-hydrogen) atoms. The quantitative estimate of drug-likeness (QED) is 0.355. The summed E-state index contributed by atoms with van der Waals surface area (Å²) in [5, 5.41) is 9.12. The minimum atomic E-state index is -0.0819. The highest BCUT2D eigenvalue weighted by atomic mass is 127. The van der Waals surface area contributed by atoms with Gasteiger partial charge in [0.25, 0.3) is 5.91 Å². The second kappa shape index (κ2) is 11.4. The van der Waals surface area contributed by atoms with Crippen LogP contribution >= 0.6 is 24.0 Å². The van der Waals surface area contributed by atoms with Gasteiger partial charge in [-0.3, -0.25) is 14.8 Å². The van der Waals surface area contributed by atoms with Crippen molar-refractivity contribution in [1.29, 1.82) is 0 Å². The van der Waals surface area contributed by atoms with E-state index in [2.05, 4.69) is 25.9 Å². The van der Waals surface area contributed by atoms with Crippen molar-refractivity contribution in [1.82, 2.24) is 20.9 Å². The molecule has 0 saturated carbocycles. The predicted octanol–water partition coefficient (Wildman–Crippen LogP) is 1.97. The van der Waals surface area contributed by atoms with Gasteiger partial charge in [-0.1, -0.05) is 18.2 Å². The van der Waals surface area contributed by atoms with Crippen LogP contribution in [0, 0.1) is 0 Å². The molecule has 0 aliphatic heterocycles. The molecule has 0 unspecified atom stereocenters. The lowest BCUT2D eigenvalue weighted by atomic mass is 10.1. The van der Waals surface area contributed by atoms with Crippen molar-refractivity contribution >= 4 is 35.8 Å². The van der Waals surface area contributed by atoms with E-state index in [4.69, 9.17) is 0 Å². The summed E-state index contributed by atoms with van der Waals surface area (Å²) in [6, 6.07) is 13.4. The molecule has 0 radical (unpaired) electrons. The Morgan fingerprint density at radius 3 is 2.48 bits per heavy atom. The minimum Gasteiger partial charge on any atom is -0.356 e. The number of guanidine groups is 1. The molecule has 0 spiro atoms. The molecular formula is C18H24IN5O. The third kappa shape index (κ3) is 7.08. The highest BCUT2D eigenvalue weighted by Gasteiger charge is 2.03. The Balaban J connectivity index is 0.00000312. The van der Waals surface area contributed by atoms with Gasteiger partial charge in [0.1, 0.15) is 0 Å². The van der Waals surface area contributed by atoms with Crippen molar-refractivity contribution in [3.8, 4) is 0 Å². The molecule has 2 aromatic rings. The minimum absolute atomic E-state index is 0. The maximum absolute atomic E-state index is 11.5. The van der Waals surface area contributed by atoms with Crippen molar-refractivity contribution in [3.05, 3.63) is 65.5 Å². The van der Waals surface area contributed by atoms with Crippen LogP contribution in [0.3, 0.4) is 0 Å². The monoisotopic (exact) mass is 453 g/mol. The van der Waals surface area contributed by atoms with E-state index in [9.17, 15) is 4.79 Å². The second-order valence-corrected chi connectivity index (χ2v) is 5.20. The van der Waals surface area contributed by atoms with Gasteiger partial charge in [0.2, 0.25) is 0 Å². The zero-order valence-corrected chi connectivity index (χ0v) is 16.8. The van der Waals surface area contributed by atoms with E-state index in [-0.39, 0.29) is 29.9 Å². The molecule has 1 heterocycles. The average molecular weight is 453 g/mol. The van der Waals surface area contributed by atoms with Gasteiger partial charge < -0.3 is 16.0 Å². The van der Waals surface area contributed by atoms with Crippen LogP contribution in [0.25, 0.3) is 0 Å². The van der Waals surface area contributed by atoms with E-state index in [0.29, 0.717) is 12.1 Å². The summed E-state index contributed by atoms with van der Waals surface area (Å²) >= 11 is 0. The average Bonchev–Trinajstić information content (AvgIpc) is 2.65. The molecule has 6 nitrogen and oxygen atoms in total. The number of benzene rings is 1. The van der Waals surface area contributed by atoms with Crippen LogP contribution in [0.15, 0.2) is 53.7 Å². The summed E-state index contributed by atoms with van der Waals surface area (Å²) in [5.41, 5.74) is 2.78. The molecule has 1 aromatic carbocycles. The lowest BCUT2D eigenvalue weighted by Crippen LogP contribution is -2.37. The molecule has 7 heteroatoms. The van der Waals surface area contributed by atoms with E-state index in [1.807, 2.05) is 42.5 Å². The molecule has 0 atom stereocenters. The Morgan fingerprint density at radius 1 is 1.12 bits per heavy atom. The Kier molecular flexibility index (Phi) is 9.53. The maximum Gasteiger partial charge on any atom is 0.251 e. The third-order valence-corrected chi connectivity index (χ3v) is 3.53. The number of aliphatic imine (C=N–C) groups is 1. The van der Waals surface area contributed by atoms with Crippen molar-refractivity contribution in [3.63, 3.8) is 0 Å². The van der Waals surface area contributed by atoms with Crippen LogP contribution < -0.4 is 16.0 Å². The number of amides is 1. The number of hydrogen-bond acceptors (Lipinski definition) is 3. The number of nitrogens with one attached hydrogen (secondary N) is 3. The Bertz CT molecular complexity index is 674. The van der Waals surface area contributed by atoms with Crippen LogP contribution in [0.2, 0.25) is 0 Å². The lowest BCUT2D eigenvalue weighted by Gasteiger charge is -2.12. The molecule has 0 saturated heterocycles. The summed E-state index contributed by atoms with van der Waals surface area (Å²) in [7, 11) is 3.36. The molecule has 0 aliphatic carbocycles. The smallest absolute Gasteiger partial charge is 0.251 e. The van der Waals surface area contributed by atoms with Crippen molar-refractivity contribution in [2.45, 2.75) is 13.0 Å². The molecule has 3 N–H and O–H groups in total. The lowest BCUT2D eigenvalue weighted by molar-refractivity contribution is 0.0963. The number of rotatable bonds is 6. The van der Waals surface area contributed by atoms with Gasteiger partial charge in [-0.15, -0.1) is 24.0 Å². The topological polar surface area (TPSA) is 78.4 Å². The largest absolute Gasteiger partial charge is 0.356 e. The van der Waals surface area contributed by atoms with Crippen LogP contribution in [-0.2, 0) is 13.0 Å². The van der Waals surface area contributed by atoms with Gasteiger partial charge in [0.15, 0.2) is 5.96 Å². The maximum atomic E-state index is 11.5. The Labute approximate surface area is 165 Å². The number of halogens is 1. The fourth-order valence-corrected chi connectivity index (χ4v) is 2.18. The summed E-state index contributed by atoms with van der Waals surface area (Å²) in [6.07, 6.45) is 2.63. The molecule has 0 bridgehead atoms. The normalized spacial score (nSPS) is 10.6. The number of nitrogens with zero attached hydrogens (tertiary/aromatic N) is 2. The standard InChI is InChI=1S/C18H23N5O.HI/c1-19-17(24)15-8-6-14(7-9-15)13-23-18(20-2)22-12-10-16-5-3-4-11-21-16;/h3-9,11H,10,12-13H2,1-2H3,(H,19,24)(H2,20,22,23);1H. The zero-order valence-electron chi connectivity index (χ0n) is 14.5. The van der Waals surface area contributed by atoms with Crippen molar-refractivity contribution < 1.29 is 4.79 Å². The van der Waals surface area contributed by atoms with Gasteiger partial charge in [-0.25, -0.2) is 0 Å². The fraction of sp³-hybridized carbons (Fsp3) is 0.278. The SMILES string of the molecule is CN=C(NCCc1ccccn1)NCc1ccc(C(=O)NC)cc1.I. The molecule has 1 amide bonds. The van der Waals surface area contributed by atoms with Gasteiger partial charge in [-0.2, -0.15) is 0 Å². The third-order valence-electron chi connectivity index (χ3n) is 3.53. The highest BCUT2D eigenvalue weighted by Crippen LogP contribution is 2.04. The first-order valence-corrected chi connectivity index (χ1v) is 7.88. The number of hydrogen-bond donors (Lipinski definition) is 3. The van der Waals surface area contributed by atoms with Gasteiger partial charge in [0.05, 0.1) is 0 Å². The van der Waals surface area contributed by atoms with Crippen LogP contribution in [0.4, 0.5) is 0 Å². The first kappa shape index (κ1) is 20.9. The number of pyridine rings is 1. The molecule has 134 valence electrons. The van der Waals surface area contributed by atoms with E-state index in [1.165, 1.54) is 0 Å². The second-order valence-electron chi connectivity index (χ2n) is 5.20. The fourth-order valence-electron chi connectivity index (χ4n) is 2.18. The van der Waals surface area contributed by atoms with E-state index >= 15 is 0 Å². The van der Waals surface area contributed by atoms with Crippen LogP contribution in [0.1, 0.15) is 21.6 Å². The molecule has 0 aliphatic rings. The molecule has 2 rings (SSSR count). The molecule has 0 fully saturated rings.